The Balaban J connectivity index is 0.000000461. The van der Waals surface area contributed by atoms with E-state index in [-0.39, 0.29) is 9.91 Å². The summed E-state index contributed by atoms with van der Waals surface area (Å²) in [5.74, 6) is 0. The molecule has 0 unspecified atom stereocenters. The molecule has 0 atom stereocenters. The summed E-state index contributed by atoms with van der Waals surface area (Å²) in [4.78, 5) is 13.1. The molecule has 11 heavy (non-hydrogen) atoms. The van der Waals surface area contributed by atoms with E-state index in [1.807, 2.05) is 13.8 Å². The van der Waals surface area contributed by atoms with Crippen LogP contribution < -0.4 is 4.91 Å². The Labute approximate surface area is 69.8 Å². The van der Waals surface area contributed by atoms with Gasteiger partial charge < -0.3 is 0 Å². The number of hydrogen-bond donors (Lipinski definition) is 0. The maximum atomic E-state index is 9.93. The van der Waals surface area contributed by atoms with Gasteiger partial charge in [-0.1, -0.05) is 25.2 Å². The molecule has 0 aliphatic rings. The molecule has 58 valence electrons. The Kier molecular flexibility index (Phi) is 4.44. The summed E-state index contributed by atoms with van der Waals surface area (Å²) in [5, 5.41) is 9.91. The quantitative estimate of drug-likeness (QED) is 0.357. The zero-order chi connectivity index (χ0) is 8.85. The second kappa shape index (κ2) is 4.84. The van der Waals surface area contributed by atoms with Crippen molar-refractivity contribution >= 4 is 29.1 Å². The van der Waals surface area contributed by atoms with Crippen molar-refractivity contribution in [3.63, 3.8) is 0 Å². The molecule has 0 bridgehead atoms. The van der Waals surface area contributed by atoms with E-state index in [2.05, 4.69) is 4.98 Å². The Hall–Kier alpha value is -0.905. The average Bonchev–Trinajstić information content (AvgIpc) is 2.40. The molecule has 1 aromatic rings. The third-order valence-electron chi connectivity index (χ3n) is 0.691. The Morgan fingerprint density at radius 2 is 2.27 bits per heavy atom. The minimum absolute atomic E-state index is 0.0208. The van der Waals surface area contributed by atoms with Gasteiger partial charge in [0, 0.05) is 4.91 Å². The summed E-state index contributed by atoms with van der Waals surface area (Å²) in [6.45, 7) is 4.00. The van der Waals surface area contributed by atoms with Crippen molar-refractivity contribution in [1.82, 2.24) is 4.98 Å². The van der Waals surface area contributed by atoms with Crippen LogP contribution in [0.2, 0.25) is 0 Å². The zero-order valence-electron chi connectivity index (χ0n) is 6.27. The van der Waals surface area contributed by atoms with Gasteiger partial charge in [-0.3, -0.25) is 15.1 Å². The van der Waals surface area contributed by atoms with Crippen LogP contribution in [0, 0.1) is 10.1 Å². The fourth-order valence-corrected chi connectivity index (χ4v) is 0.863. The second-order valence-electron chi connectivity index (χ2n) is 1.29. The topological polar surface area (TPSA) is 56.0 Å². The molecular weight excluding hydrogens is 163 g/mol. The van der Waals surface area contributed by atoms with Crippen molar-refractivity contribution in [3.05, 3.63) is 16.3 Å². The van der Waals surface area contributed by atoms with Crippen LogP contribution in [0.1, 0.15) is 13.8 Å². The van der Waals surface area contributed by atoms with Gasteiger partial charge in [-0.05, 0) is 0 Å². The minimum Gasteiger partial charge on any atom is -0.257 e. The highest BCUT2D eigenvalue weighted by molar-refractivity contribution is 7.22. The van der Waals surface area contributed by atoms with Crippen molar-refractivity contribution in [2.24, 2.45) is 0 Å². The second-order valence-corrected chi connectivity index (χ2v) is 2.33. The highest BCUT2D eigenvalue weighted by Crippen LogP contribution is 2.12. The Morgan fingerprint density at radius 3 is 2.45 bits per heavy atom. The largest absolute Gasteiger partial charge is 0.343 e. The SMILES string of the molecule is CC.[B]c1ncc([N+](=O)[O-])s1. The number of nitro groups is 1. The van der Waals surface area contributed by atoms with E-state index in [1.54, 1.807) is 0 Å². The van der Waals surface area contributed by atoms with E-state index in [0.29, 0.717) is 0 Å². The van der Waals surface area contributed by atoms with E-state index in [1.165, 1.54) is 0 Å². The first-order valence-corrected chi connectivity index (χ1v) is 3.87. The zero-order valence-corrected chi connectivity index (χ0v) is 7.09. The lowest BCUT2D eigenvalue weighted by Gasteiger charge is -1.76. The van der Waals surface area contributed by atoms with E-state index >= 15 is 0 Å². The van der Waals surface area contributed by atoms with Crippen LogP contribution in [0.25, 0.3) is 0 Å². The molecular formula is C5H7BN2O2S. The average molecular weight is 170 g/mol. The number of hydrogen-bond acceptors (Lipinski definition) is 4. The van der Waals surface area contributed by atoms with Gasteiger partial charge in [0.25, 0.3) is 0 Å². The summed E-state index contributed by atoms with van der Waals surface area (Å²) in [6, 6.07) is 0. The normalized spacial score (nSPS) is 8.18. The number of rotatable bonds is 1. The molecule has 6 heteroatoms. The molecule has 1 heterocycles. The van der Waals surface area contributed by atoms with Crippen molar-refractivity contribution < 1.29 is 4.92 Å². The summed E-state index contributed by atoms with van der Waals surface area (Å²) in [7, 11) is 5.12. The fourth-order valence-electron chi connectivity index (χ4n) is 0.363. The Morgan fingerprint density at radius 1 is 1.73 bits per heavy atom. The first kappa shape index (κ1) is 10.1. The summed E-state index contributed by atoms with van der Waals surface area (Å²) >= 11 is 0.863. The monoisotopic (exact) mass is 170 g/mol. The molecule has 0 saturated heterocycles. The van der Waals surface area contributed by atoms with Gasteiger partial charge in [0.15, 0.2) is 7.85 Å². The van der Waals surface area contributed by atoms with Gasteiger partial charge in [0.05, 0.1) is 4.92 Å². The third-order valence-corrected chi connectivity index (χ3v) is 1.47. The van der Waals surface area contributed by atoms with Crippen LogP contribution in [0.15, 0.2) is 6.20 Å². The van der Waals surface area contributed by atoms with E-state index in [4.69, 9.17) is 7.85 Å². The molecule has 0 N–H and O–H groups in total. The van der Waals surface area contributed by atoms with E-state index in [0.717, 1.165) is 17.5 Å². The lowest BCUT2D eigenvalue weighted by atomic mass is 10.2. The predicted octanol–water partition coefficient (Wildman–Crippen LogP) is 0.871. The van der Waals surface area contributed by atoms with Gasteiger partial charge in [-0.25, -0.2) is 0 Å². The molecule has 0 aromatic carbocycles. The van der Waals surface area contributed by atoms with Gasteiger partial charge in [0.2, 0.25) is 0 Å². The summed E-state index contributed by atoms with van der Waals surface area (Å²) < 4.78 is 0. The van der Waals surface area contributed by atoms with Crippen molar-refractivity contribution in [3.8, 4) is 0 Å². The molecule has 4 nitrogen and oxygen atoms in total. The van der Waals surface area contributed by atoms with Crippen molar-refractivity contribution in [1.29, 1.82) is 0 Å². The van der Waals surface area contributed by atoms with Gasteiger partial charge in [-0.15, -0.1) is 0 Å². The van der Waals surface area contributed by atoms with Crippen molar-refractivity contribution in [2.45, 2.75) is 13.8 Å². The van der Waals surface area contributed by atoms with Gasteiger partial charge in [0.1, 0.15) is 6.20 Å². The highest BCUT2D eigenvalue weighted by atomic mass is 32.1. The van der Waals surface area contributed by atoms with Crippen LogP contribution in [0.5, 0.6) is 0 Å². The molecule has 0 aliphatic heterocycles. The molecule has 2 radical (unpaired) electrons. The first-order chi connectivity index (χ1) is 5.20. The molecule has 0 saturated carbocycles. The smallest absolute Gasteiger partial charge is 0.257 e. The van der Waals surface area contributed by atoms with Gasteiger partial charge in [-0.2, -0.15) is 0 Å². The molecule has 1 rings (SSSR count). The predicted molar refractivity (Wildman–Crippen MR) is 45.5 cm³/mol. The van der Waals surface area contributed by atoms with E-state index in [9.17, 15) is 10.1 Å². The lowest BCUT2D eigenvalue weighted by molar-refractivity contribution is -0.380. The molecule has 0 amide bonds. The highest BCUT2D eigenvalue weighted by Gasteiger charge is 2.06. The number of aromatic nitrogens is 1. The van der Waals surface area contributed by atoms with Gasteiger partial charge >= 0.3 is 5.00 Å². The standard InChI is InChI=1S/C3HBN2O2S.C2H6/c4-3-5-1-2(9-3)6(7)8;1-2/h1H;1-2H3. The maximum absolute atomic E-state index is 9.93. The van der Waals surface area contributed by atoms with Crippen LogP contribution in [0.4, 0.5) is 5.00 Å². The van der Waals surface area contributed by atoms with Crippen LogP contribution in [-0.2, 0) is 0 Å². The van der Waals surface area contributed by atoms with E-state index < -0.39 is 4.92 Å². The molecule has 0 aliphatic carbocycles. The summed E-state index contributed by atoms with van der Waals surface area (Å²) in [5.41, 5.74) is 0. The van der Waals surface area contributed by atoms with Crippen LogP contribution in [0.3, 0.4) is 0 Å². The lowest BCUT2D eigenvalue weighted by Crippen LogP contribution is -1.95. The molecule has 0 spiro atoms. The molecule has 0 fully saturated rings. The molecule has 1 aromatic heterocycles. The summed E-state index contributed by atoms with van der Waals surface area (Å²) in [6.07, 6.45) is 1.14. The Bertz CT molecular complexity index is 238. The maximum Gasteiger partial charge on any atom is 0.343 e. The third kappa shape index (κ3) is 3.13. The van der Waals surface area contributed by atoms with Crippen LogP contribution >= 0.6 is 11.3 Å². The fraction of sp³-hybridized carbons (Fsp3) is 0.400. The van der Waals surface area contributed by atoms with Crippen molar-refractivity contribution in [2.75, 3.05) is 0 Å². The van der Waals surface area contributed by atoms with Crippen LogP contribution in [-0.4, -0.2) is 17.8 Å². The number of nitrogens with zero attached hydrogens (tertiary/aromatic N) is 2. The first-order valence-electron chi connectivity index (χ1n) is 3.06. The minimum atomic E-state index is -0.520. The number of thiazole rings is 1.